The molecule has 0 unspecified atom stereocenters. The molecule has 1 aliphatic rings. The van der Waals surface area contributed by atoms with Gasteiger partial charge in [0.1, 0.15) is 5.82 Å². The van der Waals surface area contributed by atoms with Crippen molar-refractivity contribution in [1.29, 1.82) is 0 Å². The maximum atomic E-state index is 10.9. The number of aliphatic carboxylic acids is 1. The predicted octanol–water partition coefficient (Wildman–Crippen LogP) is 2.54. The highest BCUT2D eigenvalue weighted by atomic mass is 16.7. The fourth-order valence-electron chi connectivity index (χ4n) is 2.52. The summed E-state index contributed by atoms with van der Waals surface area (Å²) in [7, 11) is 0. The van der Waals surface area contributed by atoms with Gasteiger partial charge in [-0.15, -0.1) is 0 Å². The van der Waals surface area contributed by atoms with Crippen LogP contribution in [0.1, 0.15) is 33.0 Å². The Kier molecular flexibility index (Phi) is 3.04. The average Bonchev–Trinajstić information content (AvgIpc) is 2.95. The van der Waals surface area contributed by atoms with Crippen LogP contribution in [0, 0.1) is 0 Å². The van der Waals surface area contributed by atoms with E-state index in [0.717, 1.165) is 16.9 Å². The van der Waals surface area contributed by atoms with Crippen molar-refractivity contribution in [3.63, 3.8) is 0 Å². The lowest BCUT2D eigenvalue weighted by atomic mass is 9.95. The highest BCUT2D eigenvalue weighted by Crippen LogP contribution is 2.37. The highest BCUT2D eigenvalue weighted by molar-refractivity contribution is 5.81. The first kappa shape index (κ1) is 13.7. The van der Waals surface area contributed by atoms with E-state index in [1.807, 2.05) is 16.7 Å². The van der Waals surface area contributed by atoms with Crippen molar-refractivity contribution < 1.29 is 19.4 Å². The third-order valence-electron chi connectivity index (χ3n) is 3.46. The van der Waals surface area contributed by atoms with E-state index < -0.39 is 5.97 Å². The van der Waals surface area contributed by atoms with Crippen LogP contribution in [0.15, 0.2) is 12.1 Å². The van der Waals surface area contributed by atoms with Crippen LogP contribution in [0.3, 0.4) is 0 Å². The molecule has 0 fully saturated rings. The summed E-state index contributed by atoms with van der Waals surface area (Å²) in [6.07, 6.45) is 0.0585. The van der Waals surface area contributed by atoms with E-state index in [0.29, 0.717) is 18.0 Å². The minimum absolute atomic E-state index is 0.0585. The second kappa shape index (κ2) is 4.65. The van der Waals surface area contributed by atoms with Crippen molar-refractivity contribution in [2.75, 3.05) is 6.79 Å². The summed E-state index contributed by atoms with van der Waals surface area (Å²) in [5, 5.41) is 8.95. The summed E-state index contributed by atoms with van der Waals surface area (Å²) in [4.78, 5) is 15.6. The van der Waals surface area contributed by atoms with Gasteiger partial charge in [-0.3, -0.25) is 4.79 Å². The number of hydrogen-bond acceptors (Lipinski definition) is 4. The third kappa shape index (κ3) is 2.41. The summed E-state index contributed by atoms with van der Waals surface area (Å²) >= 11 is 0. The minimum Gasteiger partial charge on any atom is -0.481 e. The number of ether oxygens (including phenoxy) is 2. The Morgan fingerprint density at radius 2 is 2.00 bits per heavy atom. The van der Waals surface area contributed by atoms with E-state index in [4.69, 9.17) is 14.6 Å². The van der Waals surface area contributed by atoms with Crippen LogP contribution in [0.4, 0.5) is 0 Å². The summed E-state index contributed by atoms with van der Waals surface area (Å²) in [5.41, 5.74) is 1.50. The van der Waals surface area contributed by atoms with Gasteiger partial charge in [0.05, 0.1) is 17.5 Å². The summed E-state index contributed by atoms with van der Waals surface area (Å²) in [6.45, 7) is 6.78. The lowest BCUT2D eigenvalue weighted by Crippen LogP contribution is -2.20. The first-order valence-electron chi connectivity index (χ1n) is 6.88. The average molecular weight is 290 g/mol. The van der Waals surface area contributed by atoms with Gasteiger partial charge in [0.15, 0.2) is 11.5 Å². The van der Waals surface area contributed by atoms with Gasteiger partial charge < -0.3 is 19.1 Å². The molecular weight excluding hydrogens is 272 g/mol. The molecule has 0 amide bonds. The number of benzene rings is 1. The minimum atomic E-state index is -0.822. The molecule has 2 heterocycles. The van der Waals surface area contributed by atoms with Gasteiger partial charge in [-0.25, -0.2) is 4.98 Å². The Labute approximate surface area is 122 Å². The van der Waals surface area contributed by atoms with E-state index in [1.54, 1.807) is 0 Å². The van der Waals surface area contributed by atoms with Crippen LogP contribution < -0.4 is 9.47 Å². The maximum Gasteiger partial charge on any atom is 0.305 e. The molecular formula is C15H18N2O4. The first-order valence-corrected chi connectivity index (χ1v) is 6.88. The van der Waals surface area contributed by atoms with Crippen molar-refractivity contribution in [1.82, 2.24) is 9.55 Å². The zero-order valence-electron chi connectivity index (χ0n) is 12.3. The number of imidazole rings is 1. The largest absolute Gasteiger partial charge is 0.481 e. The maximum absolute atomic E-state index is 10.9. The van der Waals surface area contributed by atoms with Gasteiger partial charge in [0, 0.05) is 24.1 Å². The molecule has 0 bridgehead atoms. The second-order valence-corrected chi connectivity index (χ2v) is 6.17. The molecule has 112 valence electrons. The number of carbonyl (C=O) groups is 1. The molecule has 6 heteroatoms. The van der Waals surface area contributed by atoms with Crippen molar-refractivity contribution in [2.24, 2.45) is 0 Å². The van der Waals surface area contributed by atoms with Gasteiger partial charge in [-0.2, -0.15) is 0 Å². The molecule has 0 radical (unpaired) electrons. The number of aromatic nitrogens is 2. The highest BCUT2D eigenvalue weighted by Gasteiger charge is 2.25. The smallest absolute Gasteiger partial charge is 0.305 e. The first-order chi connectivity index (χ1) is 9.86. The third-order valence-corrected chi connectivity index (χ3v) is 3.46. The van der Waals surface area contributed by atoms with E-state index in [9.17, 15) is 4.79 Å². The molecule has 0 saturated carbocycles. The Balaban J connectivity index is 2.16. The van der Waals surface area contributed by atoms with Crippen molar-refractivity contribution in [3.8, 4) is 11.5 Å². The second-order valence-electron chi connectivity index (χ2n) is 6.17. The van der Waals surface area contributed by atoms with E-state index in [1.165, 1.54) is 0 Å². The number of hydrogen-bond donors (Lipinski definition) is 1. The molecule has 1 aromatic heterocycles. The monoisotopic (exact) mass is 290 g/mol. The lowest BCUT2D eigenvalue weighted by molar-refractivity contribution is -0.137. The van der Waals surface area contributed by atoms with Gasteiger partial charge >= 0.3 is 5.97 Å². The molecule has 1 aliphatic heterocycles. The topological polar surface area (TPSA) is 73.6 Å². The molecule has 21 heavy (non-hydrogen) atoms. The predicted molar refractivity (Wildman–Crippen MR) is 76.8 cm³/mol. The Morgan fingerprint density at radius 3 is 2.62 bits per heavy atom. The summed E-state index contributed by atoms with van der Waals surface area (Å²) < 4.78 is 12.7. The molecule has 0 atom stereocenters. The van der Waals surface area contributed by atoms with E-state index in [2.05, 4.69) is 25.8 Å². The van der Waals surface area contributed by atoms with Crippen LogP contribution in [0.2, 0.25) is 0 Å². The molecule has 1 N–H and O–H groups in total. The number of carboxylic acids is 1. The molecule has 6 nitrogen and oxygen atoms in total. The van der Waals surface area contributed by atoms with Gasteiger partial charge in [0.25, 0.3) is 0 Å². The number of fused-ring (bicyclic) bond motifs is 2. The fraction of sp³-hybridized carbons (Fsp3) is 0.467. The van der Waals surface area contributed by atoms with Crippen molar-refractivity contribution >= 4 is 17.0 Å². The summed E-state index contributed by atoms with van der Waals surface area (Å²) in [6, 6.07) is 3.73. The number of rotatable bonds is 3. The molecule has 0 aliphatic carbocycles. The normalized spacial score (nSPS) is 13.9. The fourth-order valence-corrected chi connectivity index (χ4v) is 2.52. The lowest BCUT2D eigenvalue weighted by Gasteiger charge is -2.19. The Bertz CT molecular complexity index is 713. The van der Waals surface area contributed by atoms with Gasteiger partial charge in [-0.1, -0.05) is 20.8 Å². The molecule has 3 rings (SSSR count). The number of carboxylic acid groups (broad SMARTS) is 1. The Morgan fingerprint density at radius 1 is 1.33 bits per heavy atom. The molecule has 2 aromatic rings. The zero-order chi connectivity index (χ0) is 15.2. The number of nitrogens with zero attached hydrogens (tertiary/aromatic N) is 2. The Hall–Kier alpha value is -2.24. The molecule has 0 spiro atoms. The molecule has 1 aromatic carbocycles. The van der Waals surface area contributed by atoms with Gasteiger partial charge in [0.2, 0.25) is 6.79 Å². The van der Waals surface area contributed by atoms with Crippen molar-refractivity contribution in [3.05, 3.63) is 18.0 Å². The summed E-state index contributed by atoms with van der Waals surface area (Å²) in [5.74, 6) is 1.41. The standard InChI is InChI=1S/C15H18N2O4/c1-15(2,3)14-16-9-6-11-12(21-8-20-11)7-10(9)17(14)5-4-13(18)19/h6-7H,4-5,8H2,1-3H3,(H,18,19). The quantitative estimate of drug-likeness (QED) is 0.940. The zero-order valence-corrected chi connectivity index (χ0v) is 12.3. The van der Waals surface area contributed by atoms with Crippen LogP contribution in [0.25, 0.3) is 11.0 Å². The van der Waals surface area contributed by atoms with Crippen molar-refractivity contribution in [2.45, 2.75) is 39.2 Å². The number of aryl methyl sites for hydroxylation is 1. The van der Waals surface area contributed by atoms with Crippen LogP contribution in [-0.2, 0) is 16.8 Å². The van der Waals surface area contributed by atoms with E-state index >= 15 is 0 Å². The van der Waals surface area contributed by atoms with Crippen LogP contribution in [-0.4, -0.2) is 27.4 Å². The van der Waals surface area contributed by atoms with Gasteiger partial charge in [-0.05, 0) is 0 Å². The van der Waals surface area contributed by atoms with E-state index in [-0.39, 0.29) is 18.6 Å². The van der Waals surface area contributed by atoms with Crippen LogP contribution >= 0.6 is 0 Å². The molecule has 0 saturated heterocycles. The SMILES string of the molecule is CC(C)(C)c1nc2cc3c(cc2n1CCC(=O)O)OCO3. The van der Waals surface area contributed by atoms with Crippen LogP contribution in [0.5, 0.6) is 11.5 Å².